The largest absolute Gasteiger partial charge is 0.497 e. The fourth-order valence-electron chi connectivity index (χ4n) is 3.88. The molecule has 3 aromatic rings. The molecule has 1 N–H and O–H groups in total. The van der Waals surface area contributed by atoms with Gasteiger partial charge in [-0.15, -0.1) is 0 Å². The third-order valence-electron chi connectivity index (χ3n) is 5.67. The van der Waals surface area contributed by atoms with Crippen molar-refractivity contribution >= 4 is 17.0 Å². The Hall–Kier alpha value is -2.83. The maximum Gasteiger partial charge on any atom is 0.150 e. The number of aryl methyl sites for hydroxylation is 1. The van der Waals surface area contributed by atoms with Gasteiger partial charge in [-0.1, -0.05) is 12.2 Å². The number of nitrogens with one attached hydrogen (secondary N) is 1. The fraction of sp³-hybridized carbons (Fsp3) is 0.308. The van der Waals surface area contributed by atoms with Crippen molar-refractivity contribution in [3.8, 4) is 5.75 Å². The molecular weight excluding hydrogens is 410 g/mol. The van der Waals surface area contributed by atoms with Gasteiger partial charge in [0, 0.05) is 29.7 Å². The fourth-order valence-corrected chi connectivity index (χ4v) is 3.88. The zero-order valence-corrected chi connectivity index (χ0v) is 18.0. The van der Waals surface area contributed by atoms with Crippen LogP contribution < -0.4 is 10.1 Å². The summed E-state index contributed by atoms with van der Waals surface area (Å²) in [4.78, 5) is 4.43. The van der Waals surface area contributed by atoms with Crippen molar-refractivity contribution in [2.24, 2.45) is 0 Å². The lowest BCUT2D eigenvalue weighted by Gasteiger charge is -2.28. The molecule has 4 rings (SSSR count). The molecule has 0 amide bonds. The third-order valence-corrected chi connectivity index (χ3v) is 5.67. The summed E-state index contributed by atoms with van der Waals surface area (Å²) in [5.41, 5.74) is 2.43. The van der Waals surface area contributed by atoms with Crippen LogP contribution in [0.2, 0.25) is 0 Å². The van der Waals surface area contributed by atoms with Gasteiger partial charge in [-0.3, -0.25) is 4.98 Å². The van der Waals surface area contributed by atoms with E-state index in [4.69, 9.17) is 9.47 Å². The summed E-state index contributed by atoms with van der Waals surface area (Å²) >= 11 is 0. The molecule has 0 bridgehead atoms. The normalized spacial score (nSPS) is 19.0. The summed E-state index contributed by atoms with van der Waals surface area (Å²) in [7, 11) is 1.67. The molecule has 0 aliphatic carbocycles. The molecule has 4 nitrogen and oxygen atoms in total. The Kier molecular flexibility index (Phi) is 7.45. The van der Waals surface area contributed by atoms with Crippen LogP contribution in [0.3, 0.4) is 0 Å². The van der Waals surface area contributed by atoms with Crippen LogP contribution in [-0.2, 0) is 11.2 Å². The SMILES string of the molecule is COc1ccc2nccc(CC[C@@H]3CC[C@@H](NC/C=C/c4cc(F)ccc4F)[C]O3)c2c1. The van der Waals surface area contributed by atoms with Gasteiger partial charge in [-0.25, -0.2) is 8.78 Å². The molecule has 6 heteroatoms. The van der Waals surface area contributed by atoms with Crippen molar-refractivity contribution in [1.29, 1.82) is 0 Å². The summed E-state index contributed by atoms with van der Waals surface area (Å²) < 4.78 is 38.0. The molecule has 0 unspecified atom stereocenters. The number of pyridine rings is 1. The molecule has 0 saturated carbocycles. The molecular formula is C26H26F2N2O2. The summed E-state index contributed by atoms with van der Waals surface area (Å²) in [5, 5.41) is 4.40. The highest BCUT2D eigenvalue weighted by atomic mass is 19.1. The van der Waals surface area contributed by atoms with Gasteiger partial charge in [0.25, 0.3) is 0 Å². The van der Waals surface area contributed by atoms with Gasteiger partial charge in [-0.2, -0.15) is 0 Å². The van der Waals surface area contributed by atoms with E-state index in [0.717, 1.165) is 54.5 Å². The second kappa shape index (κ2) is 10.7. The number of hydrogen-bond donors (Lipinski definition) is 1. The van der Waals surface area contributed by atoms with E-state index in [1.807, 2.05) is 24.4 Å². The van der Waals surface area contributed by atoms with Gasteiger partial charge in [0.1, 0.15) is 17.4 Å². The molecule has 1 saturated heterocycles. The van der Waals surface area contributed by atoms with Gasteiger partial charge in [0.2, 0.25) is 0 Å². The standard InChI is InChI=1S/C26H26F2N2O2/c1-31-23-9-11-26-24(16-23)18(12-14-30-26)4-7-22-8-6-21(17-32-22)29-13-2-3-19-15-20(27)5-10-25(19)28/h2-3,5,9-12,14-16,21-22,29H,4,6-8,13H2,1H3/b3-2+/t21-,22-/m1/s1. The first-order chi connectivity index (χ1) is 15.6. The smallest absolute Gasteiger partial charge is 0.150 e. The van der Waals surface area contributed by atoms with Crippen molar-refractivity contribution in [3.05, 3.63) is 84.1 Å². The van der Waals surface area contributed by atoms with E-state index in [1.165, 1.54) is 11.6 Å². The average Bonchev–Trinajstić information content (AvgIpc) is 2.83. The number of fused-ring (bicyclic) bond motifs is 1. The lowest BCUT2D eigenvalue weighted by Crippen LogP contribution is -2.36. The van der Waals surface area contributed by atoms with E-state index in [9.17, 15) is 8.78 Å². The number of nitrogens with zero attached hydrogens (tertiary/aromatic N) is 1. The Morgan fingerprint density at radius 1 is 1.19 bits per heavy atom. The van der Waals surface area contributed by atoms with E-state index >= 15 is 0 Å². The van der Waals surface area contributed by atoms with Crippen LogP contribution in [0, 0.1) is 18.2 Å². The van der Waals surface area contributed by atoms with E-state index in [1.54, 1.807) is 19.3 Å². The maximum atomic E-state index is 13.6. The van der Waals surface area contributed by atoms with Crippen LogP contribution in [0.4, 0.5) is 8.78 Å². The lowest BCUT2D eigenvalue weighted by molar-refractivity contribution is 0.0425. The molecule has 2 aromatic carbocycles. The summed E-state index contributed by atoms with van der Waals surface area (Å²) in [6.07, 6.45) is 8.94. The second-order valence-corrected chi connectivity index (χ2v) is 7.86. The highest BCUT2D eigenvalue weighted by Gasteiger charge is 2.22. The van der Waals surface area contributed by atoms with Crippen LogP contribution in [0.25, 0.3) is 17.0 Å². The molecule has 2 heterocycles. The quantitative estimate of drug-likeness (QED) is 0.517. The molecule has 166 valence electrons. The monoisotopic (exact) mass is 436 g/mol. The topological polar surface area (TPSA) is 43.4 Å². The van der Waals surface area contributed by atoms with Crippen molar-refractivity contribution < 1.29 is 18.3 Å². The number of hydrogen-bond acceptors (Lipinski definition) is 4. The lowest BCUT2D eigenvalue weighted by atomic mass is 9.97. The van der Waals surface area contributed by atoms with E-state index in [0.29, 0.717) is 6.54 Å². The van der Waals surface area contributed by atoms with Crippen LogP contribution in [-0.4, -0.2) is 30.8 Å². The minimum atomic E-state index is -0.453. The van der Waals surface area contributed by atoms with Gasteiger partial charge < -0.3 is 14.8 Å². The number of halogens is 2. The van der Waals surface area contributed by atoms with Gasteiger partial charge in [-0.05, 0) is 73.7 Å². The molecule has 2 radical (unpaired) electrons. The highest BCUT2D eigenvalue weighted by Crippen LogP contribution is 2.26. The number of ether oxygens (including phenoxy) is 2. The first-order valence-corrected chi connectivity index (χ1v) is 10.8. The number of benzene rings is 2. The Labute approximate surface area is 187 Å². The third kappa shape index (κ3) is 5.69. The van der Waals surface area contributed by atoms with Crippen molar-refractivity contribution in [1.82, 2.24) is 10.3 Å². The van der Waals surface area contributed by atoms with Crippen LogP contribution in [0.15, 0.2) is 54.7 Å². The predicted molar refractivity (Wildman–Crippen MR) is 121 cm³/mol. The van der Waals surface area contributed by atoms with Crippen molar-refractivity contribution in [2.45, 2.75) is 37.8 Å². The summed E-state index contributed by atoms with van der Waals surface area (Å²) in [6.45, 7) is 3.59. The Balaban J connectivity index is 1.23. The van der Waals surface area contributed by atoms with E-state index in [-0.39, 0.29) is 17.7 Å². The van der Waals surface area contributed by atoms with Crippen molar-refractivity contribution in [2.75, 3.05) is 13.7 Å². The second-order valence-electron chi connectivity index (χ2n) is 7.86. The number of rotatable bonds is 8. The van der Waals surface area contributed by atoms with Crippen LogP contribution in [0.1, 0.15) is 30.4 Å². The van der Waals surface area contributed by atoms with Gasteiger partial charge >= 0.3 is 0 Å². The van der Waals surface area contributed by atoms with Gasteiger partial charge in [0.05, 0.1) is 18.7 Å². The summed E-state index contributed by atoms with van der Waals surface area (Å²) in [5.74, 6) is -0.0678. The molecule has 1 aliphatic heterocycles. The number of methoxy groups -OCH3 is 1. The zero-order valence-electron chi connectivity index (χ0n) is 18.0. The zero-order chi connectivity index (χ0) is 22.3. The van der Waals surface area contributed by atoms with Crippen LogP contribution >= 0.6 is 0 Å². The molecule has 1 aromatic heterocycles. The molecule has 32 heavy (non-hydrogen) atoms. The average molecular weight is 437 g/mol. The Morgan fingerprint density at radius 2 is 2.09 bits per heavy atom. The first kappa shape index (κ1) is 22.4. The molecule has 1 fully saturated rings. The van der Waals surface area contributed by atoms with Crippen LogP contribution in [0.5, 0.6) is 5.75 Å². The minimum absolute atomic E-state index is 0.0132. The minimum Gasteiger partial charge on any atom is -0.497 e. The first-order valence-electron chi connectivity index (χ1n) is 10.8. The van der Waals surface area contributed by atoms with Gasteiger partial charge in [0.15, 0.2) is 6.61 Å². The maximum absolute atomic E-state index is 13.6. The summed E-state index contributed by atoms with van der Waals surface area (Å²) in [6, 6.07) is 11.4. The Morgan fingerprint density at radius 3 is 2.91 bits per heavy atom. The predicted octanol–water partition coefficient (Wildman–Crippen LogP) is 5.34. The highest BCUT2D eigenvalue weighted by molar-refractivity contribution is 5.83. The Bertz CT molecular complexity index is 1080. The van der Waals surface area contributed by atoms with Crippen molar-refractivity contribution in [3.63, 3.8) is 0 Å². The van der Waals surface area contributed by atoms with E-state index in [2.05, 4.69) is 23.0 Å². The number of aromatic nitrogens is 1. The van der Waals surface area contributed by atoms with E-state index < -0.39 is 11.6 Å². The molecule has 2 atom stereocenters. The molecule has 0 spiro atoms. The molecule has 1 aliphatic rings.